The lowest BCUT2D eigenvalue weighted by Crippen LogP contribution is -2.37. The summed E-state index contributed by atoms with van der Waals surface area (Å²) in [6, 6.07) is 7.89. The number of fused-ring (bicyclic) bond motifs is 1. The van der Waals surface area contributed by atoms with Crippen LogP contribution in [0.4, 0.5) is 0 Å². The van der Waals surface area contributed by atoms with Crippen molar-refractivity contribution < 1.29 is 9.90 Å². The molecular formula is C15H20N2O2. The summed E-state index contributed by atoms with van der Waals surface area (Å²) in [5, 5.41) is 13.0. The summed E-state index contributed by atoms with van der Waals surface area (Å²) in [5.41, 5.74) is 2.14. The van der Waals surface area contributed by atoms with Gasteiger partial charge in [-0.2, -0.15) is 0 Å². The molecule has 0 spiro atoms. The Kier molecular flexibility index (Phi) is 4.22. The standard InChI is InChI=1S/C15H20N2O2/c1-3-12(10-18)16-15(19)8-11-9-17(2)14-7-5-4-6-13(11)14/h4-7,9,12,18H,3,8,10H2,1-2H3,(H,16,19). The zero-order chi connectivity index (χ0) is 13.8. The van der Waals surface area contributed by atoms with E-state index < -0.39 is 0 Å². The zero-order valence-corrected chi connectivity index (χ0v) is 11.4. The average Bonchev–Trinajstić information content (AvgIpc) is 2.73. The highest BCUT2D eigenvalue weighted by molar-refractivity contribution is 5.89. The van der Waals surface area contributed by atoms with Gasteiger partial charge in [0, 0.05) is 24.1 Å². The van der Waals surface area contributed by atoms with E-state index in [1.54, 1.807) is 0 Å². The van der Waals surface area contributed by atoms with Crippen LogP contribution in [0.15, 0.2) is 30.5 Å². The Morgan fingerprint density at radius 1 is 1.42 bits per heavy atom. The molecule has 2 N–H and O–H groups in total. The minimum absolute atomic E-state index is 0.0161. The van der Waals surface area contributed by atoms with Crippen molar-refractivity contribution in [1.82, 2.24) is 9.88 Å². The predicted molar refractivity (Wildman–Crippen MR) is 75.9 cm³/mol. The van der Waals surface area contributed by atoms with Gasteiger partial charge in [-0.05, 0) is 18.1 Å². The van der Waals surface area contributed by atoms with Crippen molar-refractivity contribution >= 4 is 16.8 Å². The number of carbonyl (C=O) groups excluding carboxylic acids is 1. The molecule has 1 aromatic heterocycles. The second-order valence-corrected chi connectivity index (χ2v) is 4.81. The maximum atomic E-state index is 12.0. The van der Waals surface area contributed by atoms with Crippen LogP contribution in [-0.4, -0.2) is 28.2 Å². The summed E-state index contributed by atoms with van der Waals surface area (Å²) >= 11 is 0. The van der Waals surface area contributed by atoms with Crippen LogP contribution in [0.25, 0.3) is 10.9 Å². The van der Waals surface area contributed by atoms with Crippen molar-refractivity contribution in [3.05, 3.63) is 36.0 Å². The molecule has 0 bridgehead atoms. The molecule has 0 aliphatic carbocycles. The quantitative estimate of drug-likeness (QED) is 0.858. The van der Waals surface area contributed by atoms with Gasteiger partial charge in [0.05, 0.1) is 19.1 Å². The number of para-hydroxylation sites is 1. The number of hydrogen-bond donors (Lipinski definition) is 2. The number of aromatic nitrogens is 1. The molecule has 4 heteroatoms. The van der Waals surface area contributed by atoms with Gasteiger partial charge < -0.3 is 15.0 Å². The lowest BCUT2D eigenvalue weighted by molar-refractivity contribution is -0.121. The highest BCUT2D eigenvalue weighted by Gasteiger charge is 2.13. The fourth-order valence-corrected chi connectivity index (χ4v) is 2.29. The van der Waals surface area contributed by atoms with Crippen molar-refractivity contribution in [1.29, 1.82) is 0 Å². The largest absolute Gasteiger partial charge is 0.394 e. The summed E-state index contributed by atoms with van der Waals surface area (Å²) < 4.78 is 2.03. The Labute approximate surface area is 113 Å². The minimum atomic E-state index is -0.150. The number of aliphatic hydroxyl groups excluding tert-OH is 1. The molecule has 1 atom stereocenters. The van der Waals surface area contributed by atoms with Crippen molar-refractivity contribution in [3.63, 3.8) is 0 Å². The smallest absolute Gasteiger partial charge is 0.224 e. The van der Waals surface area contributed by atoms with E-state index in [1.807, 2.05) is 49.0 Å². The molecule has 0 aliphatic rings. The SMILES string of the molecule is CCC(CO)NC(=O)Cc1cn(C)c2ccccc12. The lowest BCUT2D eigenvalue weighted by atomic mass is 10.1. The van der Waals surface area contributed by atoms with E-state index >= 15 is 0 Å². The molecule has 1 heterocycles. The molecular weight excluding hydrogens is 240 g/mol. The van der Waals surface area contributed by atoms with Gasteiger partial charge >= 0.3 is 0 Å². The molecule has 4 nitrogen and oxygen atoms in total. The van der Waals surface area contributed by atoms with Crippen LogP contribution in [0.2, 0.25) is 0 Å². The molecule has 1 amide bonds. The van der Waals surface area contributed by atoms with Gasteiger partial charge in [-0.25, -0.2) is 0 Å². The Hall–Kier alpha value is -1.81. The van der Waals surface area contributed by atoms with E-state index in [9.17, 15) is 4.79 Å². The van der Waals surface area contributed by atoms with Gasteiger partial charge in [0.2, 0.25) is 5.91 Å². The molecule has 0 aliphatic heterocycles. The van der Waals surface area contributed by atoms with Crippen molar-refractivity contribution in [2.24, 2.45) is 7.05 Å². The van der Waals surface area contributed by atoms with Crippen molar-refractivity contribution in [2.45, 2.75) is 25.8 Å². The van der Waals surface area contributed by atoms with Crippen molar-refractivity contribution in [2.75, 3.05) is 6.61 Å². The highest BCUT2D eigenvalue weighted by Crippen LogP contribution is 2.20. The third-order valence-electron chi connectivity index (χ3n) is 3.41. The minimum Gasteiger partial charge on any atom is -0.394 e. The van der Waals surface area contributed by atoms with Crippen LogP contribution in [-0.2, 0) is 18.3 Å². The Bertz CT molecular complexity index is 571. The second kappa shape index (κ2) is 5.89. The van der Waals surface area contributed by atoms with E-state index in [0.29, 0.717) is 6.42 Å². The first-order valence-electron chi connectivity index (χ1n) is 6.58. The van der Waals surface area contributed by atoms with E-state index in [0.717, 1.165) is 22.9 Å². The number of nitrogens with zero attached hydrogens (tertiary/aromatic N) is 1. The van der Waals surface area contributed by atoms with Gasteiger partial charge in [-0.15, -0.1) is 0 Å². The molecule has 1 aromatic carbocycles. The average molecular weight is 260 g/mol. The third-order valence-corrected chi connectivity index (χ3v) is 3.41. The number of benzene rings is 1. The fourth-order valence-electron chi connectivity index (χ4n) is 2.29. The lowest BCUT2D eigenvalue weighted by Gasteiger charge is -2.13. The van der Waals surface area contributed by atoms with Crippen LogP contribution in [0, 0.1) is 0 Å². The first-order valence-corrected chi connectivity index (χ1v) is 6.58. The summed E-state index contributed by atoms with van der Waals surface area (Å²) in [7, 11) is 1.98. The maximum absolute atomic E-state index is 12.0. The Morgan fingerprint density at radius 2 is 2.16 bits per heavy atom. The second-order valence-electron chi connectivity index (χ2n) is 4.81. The Morgan fingerprint density at radius 3 is 2.84 bits per heavy atom. The van der Waals surface area contributed by atoms with Crippen LogP contribution in [0.3, 0.4) is 0 Å². The van der Waals surface area contributed by atoms with Crippen LogP contribution < -0.4 is 5.32 Å². The first-order chi connectivity index (χ1) is 9.15. The zero-order valence-electron chi connectivity index (χ0n) is 11.4. The van der Waals surface area contributed by atoms with Gasteiger partial charge in [-0.3, -0.25) is 4.79 Å². The molecule has 102 valence electrons. The first kappa shape index (κ1) is 13.6. The molecule has 0 saturated heterocycles. The monoisotopic (exact) mass is 260 g/mol. The number of aliphatic hydroxyl groups is 1. The van der Waals surface area contributed by atoms with Gasteiger partial charge in [0.1, 0.15) is 0 Å². The predicted octanol–water partition coefficient (Wildman–Crippen LogP) is 1.61. The van der Waals surface area contributed by atoms with Gasteiger partial charge in [0.15, 0.2) is 0 Å². The number of aryl methyl sites for hydroxylation is 1. The molecule has 2 rings (SSSR count). The third kappa shape index (κ3) is 2.96. The normalized spacial score (nSPS) is 12.6. The van der Waals surface area contributed by atoms with E-state index in [4.69, 9.17) is 5.11 Å². The van der Waals surface area contributed by atoms with E-state index in [2.05, 4.69) is 5.32 Å². The highest BCUT2D eigenvalue weighted by atomic mass is 16.3. The van der Waals surface area contributed by atoms with E-state index in [1.165, 1.54) is 0 Å². The number of carbonyl (C=O) groups is 1. The van der Waals surface area contributed by atoms with Crippen LogP contribution in [0.5, 0.6) is 0 Å². The Balaban J connectivity index is 2.15. The summed E-state index contributed by atoms with van der Waals surface area (Å²) in [6.07, 6.45) is 3.07. The van der Waals surface area contributed by atoms with Gasteiger partial charge in [-0.1, -0.05) is 25.1 Å². The van der Waals surface area contributed by atoms with E-state index in [-0.39, 0.29) is 18.6 Å². The molecule has 2 aromatic rings. The summed E-state index contributed by atoms with van der Waals surface area (Å²) in [4.78, 5) is 12.0. The number of hydrogen-bond acceptors (Lipinski definition) is 2. The summed E-state index contributed by atoms with van der Waals surface area (Å²) in [5.74, 6) is -0.0442. The van der Waals surface area contributed by atoms with Gasteiger partial charge in [0.25, 0.3) is 0 Å². The molecule has 19 heavy (non-hydrogen) atoms. The van der Waals surface area contributed by atoms with Crippen molar-refractivity contribution in [3.8, 4) is 0 Å². The maximum Gasteiger partial charge on any atom is 0.224 e. The molecule has 0 saturated carbocycles. The number of rotatable bonds is 5. The number of nitrogens with one attached hydrogen (secondary N) is 1. The molecule has 1 unspecified atom stereocenters. The molecule has 0 fully saturated rings. The number of amides is 1. The van der Waals surface area contributed by atoms with Crippen LogP contribution in [0.1, 0.15) is 18.9 Å². The summed E-state index contributed by atoms with van der Waals surface area (Å²) in [6.45, 7) is 1.93. The van der Waals surface area contributed by atoms with Crippen LogP contribution >= 0.6 is 0 Å². The topological polar surface area (TPSA) is 54.3 Å². The fraction of sp³-hybridized carbons (Fsp3) is 0.400. The molecule has 0 radical (unpaired) electrons.